The van der Waals surface area contributed by atoms with Gasteiger partial charge in [-0.3, -0.25) is 4.90 Å². The molecular formula is C16H31NO3. The van der Waals surface area contributed by atoms with Crippen molar-refractivity contribution in [2.45, 2.75) is 76.7 Å². The molecule has 2 unspecified atom stereocenters. The van der Waals surface area contributed by atoms with Crippen molar-refractivity contribution in [2.24, 2.45) is 5.92 Å². The first-order valence-electron chi connectivity index (χ1n) is 8.20. The molecule has 4 nitrogen and oxygen atoms in total. The summed E-state index contributed by atoms with van der Waals surface area (Å²) in [5.41, 5.74) is -0.658. The summed E-state index contributed by atoms with van der Waals surface area (Å²) in [7, 11) is 0. The number of nitrogens with zero attached hydrogens (tertiary/aromatic N) is 1. The van der Waals surface area contributed by atoms with Gasteiger partial charge >= 0.3 is 0 Å². The van der Waals surface area contributed by atoms with Gasteiger partial charge in [0.2, 0.25) is 0 Å². The number of likely N-dealkylation sites (tertiary alicyclic amines) is 1. The van der Waals surface area contributed by atoms with E-state index in [1.165, 1.54) is 0 Å². The molecule has 2 fully saturated rings. The summed E-state index contributed by atoms with van der Waals surface area (Å²) in [5.74, 6) is 0.664. The zero-order chi connectivity index (χ0) is 14.8. The lowest BCUT2D eigenvalue weighted by Gasteiger charge is -2.42. The Balaban J connectivity index is 1.84. The van der Waals surface area contributed by atoms with Gasteiger partial charge in [0.1, 0.15) is 6.23 Å². The second-order valence-electron chi connectivity index (χ2n) is 6.96. The summed E-state index contributed by atoms with van der Waals surface area (Å²) in [5, 5.41) is 20.7. The Labute approximate surface area is 123 Å². The molecule has 20 heavy (non-hydrogen) atoms. The molecule has 0 radical (unpaired) electrons. The highest BCUT2D eigenvalue weighted by Gasteiger charge is 2.42. The van der Waals surface area contributed by atoms with Gasteiger partial charge < -0.3 is 14.9 Å². The minimum atomic E-state index is -0.729. The Morgan fingerprint density at radius 1 is 1.30 bits per heavy atom. The van der Waals surface area contributed by atoms with E-state index in [9.17, 15) is 10.2 Å². The van der Waals surface area contributed by atoms with Gasteiger partial charge in [0.15, 0.2) is 0 Å². The van der Waals surface area contributed by atoms with Gasteiger partial charge in [-0.2, -0.15) is 0 Å². The molecule has 0 aromatic carbocycles. The molecule has 0 aromatic heterocycles. The Hall–Kier alpha value is -0.160. The lowest BCUT2D eigenvalue weighted by molar-refractivity contribution is -0.111. The number of piperidine rings is 1. The number of hydrogen-bond donors (Lipinski definition) is 2. The van der Waals surface area contributed by atoms with Crippen LogP contribution < -0.4 is 0 Å². The van der Waals surface area contributed by atoms with Gasteiger partial charge in [0, 0.05) is 26.1 Å². The van der Waals surface area contributed by atoms with Gasteiger partial charge in [-0.1, -0.05) is 20.8 Å². The molecule has 0 saturated carbocycles. The molecule has 1 spiro atoms. The molecule has 4 heteroatoms. The zero-order valence-electron chi connectivity index (χ0n) is 13.3. The summed E-state index contributed by atoms with van der Waals surface area (Å²) >= 11 is 0. The highest BCUT2D eigenvalue weighted by Crippen LogP contribution is 2.39. The largest absolute Gasteiger partial charge is 0.390 e. The van der Waals surface area contributed by atoms with Crippen molar-refractivity contribution >= 4 is 0 Å². The quantitative estimate of drug-likeness (QED) is 0.812. The first-order chi connectivity index (χ1) is 9.42. The van der Waals surface area contributed by atoms with Crippen molar-refractivity contribution in [1.29, 1.82) is 0 Å². The predicted molar refractivity (Wildman–Crippen MR) is 79.4 cm³/mol. The third kappa shape index (κ3) is 3.53. The van der Waals surface area contributed by atoms with Gasteiger partial charge in [0.25, 0.3) is 0 Å². The van der Waals surface area contributed by atoms with Crippen molar-refractivity contribution in [3.05, 3.63) is 0 Å². The second-order valence-corrected chi connectivity index (χ2v) is 6.96. The van der Waals surface area contributed by atoms with E-state index in [-0.39, 0.29) is 5.60 Å². The predicted octanol–water partition coefficient (Wildman–Crippen LogP) is 2.14. The van der Waals surface area contributed by atoms with Gasteiger partial charge in [-0.15, -0.1) is 0 Å². The molecule has 0 amide bonds. The maximum atomic E-state index is 10.4. The van der Waals surface area contributed by atoms with Crippen LogP contribution in [-0.4, -0.2) is 52.2 Å². The highest BCUT2D eigenvalue weighted by molar-refractivity contribution is 4.93. The first-order valence-corrected chi connectivity index (χ1v) is 8.20. The van der Waals surface area contributed by atoms with Crippen LogP contribution in [0.2, 0.25) is 0 Å². The second kappa shape index (κ2) is 6.30. The van der Waals surface area contributed by atoms with Crippen LogP contribution in [0, 0.1) is 5.92 Å². The normalized spacial score (nSPS) is 28.9. The average molecular weight is 285 g/mol. The highest BCUT2D eigenvalue weighted by atomic mass is 16.5. The number of aliphatic hydroxyl groups excluding tert-OH is 1. The van der Waals surface area contributed by atoms with Crippen LogP contribution in [0.25, 0.3) is 0 Å². The summed E-state index contributed by atoms with van der Waals surface area (Å²) in [6.45, 7) is 8.84. The van der Waals surface area contributed by atoms with Crippen LogP contribution in [0.4, 0.5) is 0 Å². The molecule has 2 atom stereocenters. The lowest BCUT2D eigenvalue weighted by atomic mass is 9.85. The molecule has 0 aromatic rings. The van der Waals surface area contributed by atoms with E-state index >= 15 is 0 Å². The lowest BCUT2D eigenvalue weighted by Crippen LogP contribution is -2.50. The van der Waals surface area contributed by atoms with Crippen molar-refractivity contribution in [3.63, 3.8) is 0 Å². The summed E-state index contributed by atoms with van der Waals surface area (Å²) < 4.78 is 6.01. The van der Waals surface area contributed by atoms with Gasteiger partial charge in [0.05, 0.1) is 11.2 Å². The molecule has 0 aliphatic carbocycles. The molecule has 2 N–H and O–H groups in total. The molecule has 118 valence electrons. The maximum Gasteiger partial charge on any atom is 0.110 e. The van der Waals surface area contributed by atoms with E-state index in [1.807, 2.05) is 13.8 Å². The Kier molecular flexibility index (Phi) is 5.11. The Morgan fingerprint density at radius 2 is 1.90 bits per heavy atom. The standard InChI is InChI=1S/C16H31NO3/c1-4-15(19,5-2)11-14(18)17-8-6-16(7-9-17)10-13(3)12-20-16/h13-14,18-19H,4-12H2,1-3H3. The van der Waals surface area contributed by atoms with Gasteiger partial charge in [-0.05, 0) is 38.0 Å². The SMILES string of the molecule is CCC(O)(CC)CC(O)N1CCC2(CC1)CC(C)CO2. The minimum absolute atomic E-state index is 0.0709. The summed E-state index contributed by atoms with van der Waals surface area (Å²) in [6, 6.07) is 0. The van der Waals surface area contributed by atoms with Crippen LogP contribution in [0.1, 0.15) is 59.3 Å². The number of aliphatic hydroxyl groups is 2. The maximum absolute atomic E-state index is 10.4. The Bertz CT molecular complexity index is 309. The molecule has 2 saturated heterocycles. The smallest absolute Gasteiger partial charge is 0.110 e. The van der Waals surface area contributed by atoms with E-state index in [4.69, 9.17) is 4.74 Å². The van der Waals surface area contributed by atoms with Crippen LogP contribution in [0.3, 0.4) is 0 Å². The molecule has 2 aliphatic rings. The topological polar surface area (TPSA) is 52.9 Å². The Morgan fingerprint density at radius 3 is 2.35 bits per heavy atom. The fourth-order valence-corrected chi connectivity index (χ4v) is 3.66. The molecule has 2 heterocycles. The fraction of sp³-hybridized carbons (Fsp3) is 1.00. The van der Waals surface area contributed by atoms with E-state index in [0.29, 0.717) is 25.2 Å². The van der Waals surface area contributed by atoms with Crippen molar-refractivity contribution in [3.8, 4) is 0 Å². The molecule has 0 bridgehead atoms. The average Bonchev–Trinajstić information content (AvgIpc) is 2.80. The number of hydrogen-bond acceptors (Lipinski definition) is 4. The summed E-state index contributed by atoms with van der Waals surface area (Å²) in [4.78, 5) is 2.11. The van der Waals surface area contributed by atoms with E-state index in [1.54, 1.807) is 0 Å². The number of rotatable bonds is 5. The van der Waals surface area contributed by atoms with Crippen molar-refractivity contribution in [2.75, 3.05) is 19.7 Å². The molecule has 2 aliphatic heterocycles. The first kappa shape index (κ1) is 16.2. The van der Waals surface area contributed by atoms with Gasteiger partial charge in [-0.25, -0.2) is 0 Å². The third-order valence-electron chi connectivity index (χ3n) is 5.40. The minimum Gasteiger partial charge on any atom is -0.390 e. The van der Waals surface area contributed by atoms with Crippen molar-refractivity contribution < 1.29 is 14.9 Å². The summed E-state index contributed by atoms with van der Waals surface area (Å²) in [6.07, 6.45) is 4.47. The van der Waals surface area contributed by atoms with E-state index < -0.39 is 11.8 Å². The van der Waals surface area contributed by atoms with E-state index in [2.05, 4.69) is 11.8 Å². The zero-order valence-corrected chi connectivity index (χ0v) is 13.3. The van der Waals surface area contributed by atoms with Crippen LogP contribution in [-0.2, 0) is 4.74 Å². The van der Waals surface area contributed by atoms with Crippen LogP contribution in [0.5, 0.6) is 0 Å². The molecular weight excluding hydrogens is 254 g/mol. The third-order valence-corrected chi connectivity index (χ3v) is 5.40. The van der Waals surface area contributed by atoms with Crippen molar-refractivity contribution in [1.82, 2.24) is 4.90 Å². The monoisotopic (exact) mass is 285 g/mol. The fourth-order valence-electron chi connectivity index (χ4n) is 3.66. The molecule has 2 rings (SSSR count). The number of ether oxygens (including phenoxy) is 1. The van der Waals surface area contributed by atoms with Crippen LogP contribution in [0.15, 0.2) is 0 Å². The van der Waals surface area contributed by atoms with E-state index in [0.717, 1.165) is 39.0 Å². The van der Waals surface area contributed by atoms with Crippen LogP contribution >= 0.6 is 0 Å².